The highest BCUT2D eigenvalue weighted by atomic mass is 15.4. The van der Waals surface area contributed by atoms with Gasteiger partial charge in [-0.15, -0.1) is 0 Å². The van der Waals surface area contributed by atoms with Crippen LogP contribution in [0.2, 0.25) is 0 Å². The van der Waals surface area contributed by atoms with Gasteiger partial charge in [0.25, 0.3) is 0 Å². The van der Waals surface area contributed by atoms with E-state index < -0.39 is 0 Å². The van der Waals surface area contributed by atoms with Gasteiger partial charge >= 0.3 is 0 Å². The number of para-hydroxylation sites is 1. The fourth-order valence-corrected chi connectivity index (χ4v) is 2.77. The van der Waals surface area contributed by atoms with Crippen molar-refractivity contribution in [1.82, 2.24) is 9.78 Å². The molecule has 4 nitrogen and oxygen atoms in total. The minimum atomic E-state index is 0.452. The van der Waals surface area contributed by atoms with E-state index in [4.69, 9.17) is 5.73 Å². The average molecular weight is 230 g/mol. The molecule has 1 aromatic heterocycles. The predicted molar refractivity (Wildman–Crippen MR) is 70.1 cm³/mol. The molecule has 0 bridgehead atoms. The second kappa shape index (κ2) is 4.04. The molecule has 1 atom stereocenters. The number of hydrogen-bond donors (Lipinski definition) is 1. The molecule has 0 radical (unpaired) electrons. The summed E-state index contributed by atoms with van der Waals surface area (Å²) in [5, 5.41) is 5.89. The molecule has 3 rings (SSSR count). The predicted octanol–water partition coefficient (Wildman–Crippen LogP) is 1.50. The van der Waals surface area contributed by atoms with Crippen molar-refractivity contribution in [3.05, 3.63) is 24.3 Å². The van der Waals surface area contributed by atoms with Crippen LogP contribution in [-0.4, -0.2) is 28.9 Å². The van der Waals surface area contributed by atoms with Crippen molar-refractivity contribution < 1.29 is 0 Å². The number of nitrogens with two attached hydrogens (primary N) is 1. The summed E-state index contributed by atoms with van der Waals surface area (Å²) in [5.74, 6) is 1.09. The molecule has 0 saturated carbocycles. The first-order chi connectivity index (χ1) is 8.31. The van der Waals surface area contributed by atoms with Gasteiger partial charge in [-0.25, -0.2) is 0 Å². The number of nitrogens with zero attached hydrogens (tertiary/aromatic N) is 3. The van der Waals surface area contributed by atoms with Crippen molar-refractivity contribution in [3.8, 4) is 0 Å². The largest absolute Gasteiger partial charge is 0.350 e. The summed E-state index contributed by atoms with van der Waals surface area (Å²) < 4.78 is 1.95. The fraction of sp³-hybridized carbons (Fsp3) is 0.462. The Kier molecular flexibility index (Phi) is 2.52. The molecule has 4 heteroatoms. The molecule has 1 aliphatic rings. The van der Waals surface area contributed by atoms with Crippen LogP contribution in [0, 0.1) is 0 Å². The van der Waals surface area contributed by atoms with Gasteiger partial charge in [-0.1, -0.05) is 12.1 Å². The molecular weight excluding hydrogens is 212 g/mol. The maximum atomic E-state index is 5.84. The second-order valence-electron chi connectivity index (χ2n) is 4.69. The molecule has 1 unspecified atom stereocenters. The Labute approximate surface area is 101 Å². The summed E-state index contributed by atoms with van der Waals surface area (Å²) in [6, 6.07) is 8.83. The van der Waals surface area contributed by atoms with E-state index in [0.717, 1.165) is 12.4 Å². The Hall–Kier alpha value is -1.55. The number of anilines is 1. The van der Waals surface area contributed by atoms with E-state index in [0.29, 0.717) is 12.6 Å². The van der Waals surface area contributed by atoms with Crippen LogP contribution in [-0.2, 0) is 7.05 Å². The summed E-state index contributed by atoms with van der Waals surface area (Å²) in [6.45, 7) is 1.79. The Balaban J connectivity index is 2.11. The third-order valence-corrected chi connectivity index (χ3v) is 3.66. The van der Waals surface area contributed by atoms with Crippen molar-refractivity contribution >= 4 is 16.7 Å². The van der Waals surface area contributed by atoms with Gasteiger partial charge in [-0.3, -0.25) is 4.68 Å². The number of fused-ring (bicyclic) bond motifs is 1. The normalized spacial score (nSPS) is 20.4. The van der Waals surface area contributed by atoms with Gasteiger partial charge < -0.3 is 10.6 Å². The lowest BCUT2D eigenvalue weighted by Gasteiger charge is -2.23. The van der Waals surface area contributed by atoms with Crippen molar-refractivity contribution in [2.24, 2.45) is 12.8 Å². The molecule has 1 aliphatic heterocycles. The van der Waals surface area contributed by atoms with Crippen LogP contribution < -0.4 is 10.6 Å². The molecule has 0 spiro atoms. The van der Waals surface area contributed by atoms with E-state index in [-0.39, 0.29) is 0 Å². The molecule has 2 N–H and O–H groups in total. The highest BCUT2D eigenvalue weighted by molar-refractivity contribution is 5.90. The Morgan fingerprint density at radius 2 is 2.24 bits per heavy atom. The van der Waals surface area contributed by atoms with Gasteiger partial charge in [0.05, 0.1) is 5.52 Å². The molecule has 0 amide bonds. The molecular formula is C13H18N4. The van der Waals surface area contributed by atoms with Crippen LogP contribution in [0.5, 0.6) is 0 Å². The third kappa shape index (κ3) is 1.60. The summed E-state index contributed by atoms with van der Waals surface area (Å²) >= 11 is 0. The minimum Gasteiger partial charge on any atom is -0.350 e. The molecule has 90 valence electrons. The first kappa shape index (κ1) is 10.6. The molecule has 1 fully saturated rings. The van der Waals surface area contributed by atoms with Gasteiger partial charge in [0.1, 0.15) is 0 Å². The average Bonchev–Trinajstić information content (AvgIpc) is 2.94. The van der Waals surface area contributed by atoms with Crippen LogP contribution in [0.1, 0.15) is 12.8 Å². The molecule has 0 aliphatic carbocycles. The van der Waals surface area contributed by atoms with E-state index >= 15 is 0 Å². The van der Waals surface area contributed by atoms with Gasteiger partial charge in [-0.05, 0) is 25.0 Å². The lowest BCUT2D eigenvalue weighted by Crippen LogP contribution is -2.35. The van der Waals surface area contributed by atoms with E-state index in [1.54, 1.807) is 0 Å². The quantitative estimate of drug-likeness (QED) is 0.850. The Bertz CT molecular complexity index is 531. The molecule has 2 aromatic rings. The highest BCUT2D eigenvalue weighted by Crippen LogP contribution is 2.30. The lowest BCUT2D eigenvalue weighted by atomic mass is 10.2. The lowest BCUT2D eigenvalue weighted by molar-refractivity contribution is 0.664. The first-order valence-electron chi connectivity index (χ1n) is 6.19. The standard InChI is InChI=1S/C13H18N4/c1-16-12-7-3-2-6-11(12)13(15-16)17-8-4-5-10(17)9-14/h2-3,6-7,10H,4-5,8-9,14H2,1H3. The monoisotopic (exact) mass is 230 g/mol. The zero-order chi connectivity index (χ0) is 11.8. The van der Waals surface area contributed by atoms with E-state index in [9.17, 15) is 0 Å². The summed E-state index contributed by atoms with van der Waals surface area (Å²) in [4.78, 5) is 2.36. The summed E-state index contributed by atoms with van der Waals surface area (Å²) in [5.41, 5.74) is 7.02. The van der Waals surface area contributed by atoms with Gasteiger partial charge in [0.2, 0.25) is 0 Å². The first-order valence-corrected chi connectivity index (χ1v) is 6.19. The van der Waals surface area contributed by atoms with Crippen LogP contribution in [0.25, 0.3) is 10.9 Å². The zero-order valence-corrected chi connectivity index (χ0v) is 10.1. The third-order valence-electron chi connectivity index (χ3n) is 3.66. The summed E-state index contributed by atoms with van der Waals surface area (Å²) in [6.07, 6.45) is 2.40. The maximum Gasteiger partial charge on any atom is 0.158 e. The van der Waals surface area contributed by atoms with Crippen LogP contribution >= 0.6 is 0 Å². The van der Waals surface area contributed by atoms with Gasteiger partial charge in [-0.2, -0.15) is 5.10 Å². The SMILES string of the molecule is Cn1nc(N2CCCC2CN)c2ccccc21. The molecule has 2 heterocycles. The number of benzene rings is 1. The van der Waals surface area contributed by atoms with Crippen molar-refractivity contribution in [3.63, 3.8) is 0 Å². The van der Waals surface area contributed by atoms with Gasteiger partial charge in [0.15, 0.2) is 5.82 Å². The summed E-state index contributed by atoms with van der Waals surface area (Å²) in [7, 11) is 2.00. The fourth-order valence-electron chi connectivity index (χ4n) is 2.77. The smallest absolute Gasteiger partial charge is 0.158 e. The van der Waals surface area contributed by atoms with E-state index in [1.165, 1.54) is 23.7 Å². The highest BCUT2D eigenvalue weighted by Gasteiger charge is 2.26. The minimum absolute atomic E-state index is 0.452. The van der Waals surface area contributed by atoms with Crippen molar-refractivity contribution in [2.45, 2.75) is 18.9 Å². The van der Waals surface area contributed by atoms with Crippen LogP contribution in [0.3, 0.4) is 0 Å². The van der Waals surface area contributed by atoms with Gasteiger partial charge in [0, 0.05) is 31.6 Å². The molecule has 1 aromatic carbocycles. The van der Waals surface area contributed by atoms with Crippen LogP contribution in [0.4, 0.5) is 5.82 Å². The molecule has 1 saturated heterocycles. The number of rotatable bonds is 2. The topological polar surface area (TPSA) is 47.1 Å². The van der Waals surface area contributed by atoms with E-state index in [1.807, 2.05) is 11.7 Å². The van der Waals surface area contributed by atoms with Crippen LogP contribution in [0.15, 0.2) is 24.3 Å². The van der Waals surface area contributed by atoms with Crippen molar-refractivity contribution in [2.75, 3.05) is 18.0 Å². The number of aromatic nitrogens is 2. The number of hydrogen-bond acceptors (Lipinski definition) is 3. The number of aryl methyl sites for hydroxylation is 1. The second-order valence-corrected chi connectivity index (χ2v) is 4.69. The molecule has 17 heavy (non-hydrogen) atoms. The Morgan fingerprint density at radius 1 is 1.41 bits per heavy atom. The zero-order valence-electron chi connectivity index (χ0n) is 10.1. The van der Waals surface area contributed by atoms with Crippen molar-refractivity contribution in [1.29, 1.82) is 0 Å². The van der Waals surface area contributed by atoms with E-state index in [2.05, 4.69) is 34.3 Å². The maximum absolute atomic E-state index is 5.84. The Morgan fingerprint density at radius 3 is 3.06 bits per heavy atom.